The Balaban J connectivity index is 1.62. The lowest BCUT2D eigenvalue weighted by Crippen LogP contribution is -2.29. The van der Waals surface area contributed by atoms with E-state index >= 15 is 0 Å². The van der Waals surface area contributed by atoms with Gasteiger partial charge in [-0.3, -0.25) is 9.71 Å². The smallest absolute Gasteiger partial charge is 0.229 e. The molecule has 1 saturated heterocycles. The molecule has 2 N–H and O–H groups in total. The van der Waals surface area contributed by atoms with Gasteiger partial charge in [0.05, 0.1) is 36.8 Å². The molecule has 0 unspecified atom stereocenters. The second-order valence-electron chi connectivity index (χ2n) is 10.6. The first-order valence-corrected chi connectivity index (χ1v) is 16.6. The van der Waals surface area contributed by atoms with Crippen LogP contribution in [0, 0.1) is 13.8 Å². The van der Waals surface area contributed by atoms with E-state index in [0.717, 1.165) is 53.4 Å². The molecule has 9 nitrogen and oxygen atoms in total. The first-order valence-electron chi connectivity index (χ1n) is 14.3. The molecule has 11 heteroatoms. The molecule has 0 aliphatic carbocycles. The number of nitrogens with zero attached hydrogens (tertiary/aromatic N) is 4. The number of rotatable bonds is 10. The molecule has 4 aromatic rings. The minimum atomic E-state index is -3.49. The molecule has 1 aliphatic heterocycles. The molecule has 0 bridgehead atoms. The monoisotopic (exact) mass is 618 g/mol. The van der Waals surface area contributed by atoms with Crippen LogP contribution in [0.5, 0.6) is 5.75 Å². The molecule has 43 heavy (non-hydrogen) atoms. The molecule has 2 aromatic heterocycles. The van der Waals surface area contributed by atoms with E-state index in [0.29, 0.717) is 16.5 Å². The van der Waals surface area contributed by atoms with Crippen molar-refractivity contribution >= 4 is 44.4 Å². The van der Waals surface area contributed by atoms with Crippen LogP contribution in [0.2, 0.25) is 0 Å². The molecular weight excluding hydrogens is 581 g/mol. The van der Waals surface area contributed by atoms with Gasteiger partial charge in [-0.25, -0.2) is 8.42 Å². The van der Waals surface area contributed by atoms with Crippen molar-refractivity contribution in [3.05, 3.63) is 95.6 Å². The van der Waals surface area contributed by atoms with Crippen molar-refractivity contribution in [2.45, 2.75) is 39.8 Å². The highest BCUT2D eigenvalue weighted by molar-refractivity contribution is 7.92. The van der Waals surface area contributed by atoms with Gasteiger partial charge in [-0.1, -0.05) is 6.07 Å². The zero-order valence-corrected chi connectivity index (χ0v) is 27.0. The van der Waals surface area contributed by atoms with E-state index in [1.807, 2.05) is 24.3 Å². The maximum atomic E-state index is 12.0. The van der Waals surface area contributed by atoms with Gasteiger partial charge in [0.1, 0.15) is 5.75 Å². The summed E-state index contributed by atoms with van der Waals surface area (Å²) in [5, 5.41) is 4.06. The van der Waals surface area contributed by atoms with Crippen LogP contribution < -0.4 is 24.6 Å². The summed E-state index contributed by atoms with van der Waals surface area (Å²) in [6.07, 6.45) is 2.90. The van der Waals surface area contributed by atoms with E-state index in [4.69, 9.17) is 17.0 Å². The molecule has 226 valence electrons. The Morgan fingerprint density at radius 2 is 1.72 bits per heavy atom. The van der Waals surface area contributed by atoms with E-state index in [1.54, 1.807) is 18.3 Å². The highest BCUT2D eigenvalue weighted by Gasteiger charge is 2.42. The van der Waals surface area contributed by atoms with Gasteiger partial charge >= 0.3 is 0 Å². The van der Waals surface area contributed by atoms with Gasteiger partial charge in [0.2, 0.25) is 10.0 Å². The predicted molar refractivity (Wildman–Crippen MR) is 178 cm³/mol. The van der Waals surface area contributed by atoms with E-state index in [-0.39, 0.29) is 12.1 Å². The standard InChI is InChI=1S/C32H38N6O3S2/c1-7-36(8-2)23-12-14-24(15-13-23)37-21(3)19-26(22(37)4)31-30(28-11-9-10-18-33-28)34-32(42)38(31)25-16-17-27(29(20-25)41-5)35-43(6,39)40/h9-20,30-31,35H,7-8H2,1-6H3,(H,34,42)/t30-,31-/m1/s1. The van der Waals surface area contributed by atoms with Crippen LogP contribution in [0.3, 0.4) is 0 Å². The average Bonchev–Trinajstić information content (AvgIpc) is 3.48. The number of nitrogens with one attached hydrogen (secondary N) is 2. The molecule has 0 spiro atoms. The minimum absolute atomic E-state index is 0.229. The van der Waals surface area contributed by atoms with Gasteiger partial charge in [-0.2, -0.15) is 0 Å². The lowest BCUT2D eigenvalue weighted by Gasteiger charge is -2.29. The van der Waals surface area contributed by atoms with E-state index < -0.39 is 10.0 Å². The fourth-order valence-corrected chi connectivity index (χ4v) is 6.86. The number of hydrogen-bond acceptors (Lipinski definition) is 6. The lowest BCUT2D eigenvalue weighted by atomic mass is 9.96. The Morgan fingerprint density at radius 1 is 1.02 bits per heavy atom. The number of thiocarbonyl (C=S) groups is 1. The summed E-state index contributed by atoms with van der Waals surface area (Å²) in [6, 6.07) is 21.7. The second-order valence-corrected chi connectivity index (χ2v) is 12.7. The van der Waals surface area contributed by atoms with E-state index in [1.165, 1.54) is 12.8 Å². The lowest BCUT2D eigenvalue weighted by molar-refractivity contribution is 0.417. The Morgan fingerprint density at radius 3 is 2.33 bits per heavy atom. The maximum absolute atomic E-state index is 12.0. The summed E-state index contributed by atoms with van der Waals surface area (Å²) >= 11 is 5.94. The summed E-state index contributed by atoms with van der Waals surface area (Å²) in [5.74, 6) is 0.393. The Bertz CT molecular complexity index is 1720. The molecule has 0 amide bonds. The molecule has 2 atom stereocenters. The van der Waals surface area contributed by atoms with Crippen LogP contribution in [0.15, 0.2) is 72.9 Å². The summed E-state index contributed by atoms with van der Waals surface area (Å²) in [7, 11) is -1.98. The zero-order chi connectivity index (χ0) is 30.9. The highest BCUT2D eigenvalue weighted by atomic mass is 32.2. The number of benzene rings is 2. The summed E-state index contributed by atoms with van der Waals surface area (Å²) in [4.78, 5) is 9.08. The second kappa shape index (κ2) is 12.3. The molecular formula is C32H38N6O3S2. The van der Waals surface area contributed by atoms with Crippen molar-refractivity contribution in [3.8, 4) is 11.4 Å². The third-order valence-electron chi connectivity index (χ3n) is 7.88. The number of hydrogen-bond donors (Lipinski definition) is 2. The van der Waals surface area contributed by atoms with Crippen LogP contribution in [0.4, 0.5) is 17.1 Å². The first kappa shape index (κ1) is 30.4. The van der Waals surface area contributed by atoms with E-state index in [2.05, 4.69) is 87.4 Å². The minimum Gasteiger partial charge on any atom is -0.494 e. The molecule has 1 fully saturated rings. The van der Waals surface area contributed by atoms with Gasteiger partial charge in [0.25, 0.3) is 0 Å². The van der Waals surface area contributed by atoms with Gasteiger partial charge in [-0.15, -0.1) is 0 Å². The quantitative estimate of drug-likeness (QED) is 0.213. The number of pyridine rings is 1. The Labute approximate surface area is 259 Å². The Kier molecular flexibility index (Phi) is 8.66. The van der Waals surface area contributed by atoms with Crippen molar-refractivity contribution < 1.29 is 13.2 Å². The first-order chi connectivity index (χ1) is 20.6. The SMILES string of the molecule is CCN(CC)c1ccc(-n2c(C)cc([C@@H]3[C@@H](c4ccccn4)NC(=S)N3c3ccc(NS(C)(=O)=O)c(OC)c3)c2C)cc1. The largest absolute Gasteiger partial charge is 0.494 e. The number of ether oxygens (including phenoxy) is 1. The predicted octanol–water partition coefficient (Wildman–Crippen LogP) is 5.89. The van der Waals surface area contributed by atoms with Crippen LogP contribution in [-0.4, -0.2) is 49.5 Å². The van der Waals surface area contributed by atoms with Crippen LogP contribution in [0.1, 0.15) is 48.6 Å². The molecule has 1 aliphatic rings. The van der Waals surface area contributed by atoms with Crippen molar-refractivity contribution in [1.29, 1.82) is 0 Å². The van der Waals surface area contributed by atoms with Crippen LogP contribution in [-0.2, 0) is 10.0 Å². The van der Waals surface area contributed by atoms with Gasteiger partial charge in [-0.05, 0) is 100 Å². The van der Waals surface area contributed by atoms with Crippen molar-refractivity contribution in [1.82, 2.24) is 14.9 Å². The number of methoxy groups -OCH3 is 1. The molecule has 3 heterocycles. The third kappa shape index (κ3) is 6.05. The Hall–Kier alpha value is -4.09. The normalized spacial score (nSPS) is 16.7. The topological polar surface area (TPSA) is 91.7 Å². The summed E-state index contributed by atoms with van der Waals surface area (Å²) in [5.41, 5.74) is 7.58. The number of anilines is 3. The fourth-order valence-electron chi connectivity index (χ4n) is 5.95. The fraction of sp³-hybridized carbons (Fsp3) is 0.312. The van der Waals surface area contributed by atoms with E-state index in [9.17, 15) is 8.42 Å². The highest BCUT2D eigenvalue weighted by Crippen LogP contribution is 2.45. The third-order valence-corrected chi connectivity index (χ3v) is 8.79. The summed E-state index contributed by atoms with van der Waals surface area (Å²) in [6.45, 7) is 10.5. The zero-order valence-electron chi connectivity index (χ0n) is 25.3. The molecule has 5 rings (SSSR count). The number of aryl methyl sites for hydroxylation is 1. The van der Waals surface area contributed by atoms with Crippen LogP contribution >= 0.6 is 12.2 Å². The average molecular weight is 619 g/mol. The molecule has 0 radical (unpaired) electrons. The molecule has 2 aromatic carbocycles. The van der Waals surface area contributed by atoms with Crippen LogP contribution in [0.25, 0.3) is 5.69 Å². The number of sulfonamides is 1. The molecule has 0 saturated carbocycles. The van der Waals surface area contributed by atoms with Gasteiger partial charge in [0, 0.05) is 53.8 Å². The van der Waals surface area contributed by atoms with Crippen molar-refractivity contribution in [3.63, 3.8) is 0 Å². The maximum Gasteiger partial charge on any atom is 0.229 e. The van der Waals surface area contributed by atoms with Gasteiger partial charge < -0.3 is 24.4 Å². The summed E-state index contributed by atoms with van der Waals surface area (Å²) < 4.78 is 34.3. The van der Waals surface area contributed by atoms with Crippen molar-refractivity contribution in [2.24, 2.45) is 0 Å². The van der Waals surface area contributed by atoms with Gasteiger partial charge in [0.15, 0.2) is 5.11 Å². The van der Waals surface area contributed by atoms with Crippen molar-refractivity contribution in [2.75, 3.05) is 41.0 Å². The number of aromatic nitrogens is 2.